The number of carbonyl (C=O) groups is 1. The Morgan fingerprint density at radius 1 is 1.58 bits per heavy atom. The van der Waals surface area contributed by atoms with Gasteiger partial charge in [-0.2, -0.15) is 0 Å². The maximum atomic E-state index is 13.3. The Morgan fingerprint density at radius 2 is 2.32 bits per heavy atom. The first-order valence-corrected chi connectivity index (χ1v) is 6.14. The second kappa shape index (κ2) is 4.89. The van der Waals surface area contributed by atoms with Crippen LogP contribution in [0, 0.1) is 18.2 Å². The highest BCUT2D eigenvalue weighted by Crippen LogP contribution is 2.38. The normalized spacial score (nSPS) is 21.1. The van der Waals surface area contributed by atoms with E-state index in [-0.39, 0.29) is 5.82 Å². The summed E-state index contributed by atoms with van der Waals surface area (Å²) in [6, 6.07) is 4.40. The van der Waals surface area contributed by atoms with Gasteiger partial charge in [-0.15, -0.1) is 6.42 Å². The number of hydrogen-bond acceptors (Lipinski definition) is 2. The quantitative estimate of drug-likeness (QED) is 0.463. The monoisotopic (exact) mass is 258 g/mol. The van der Waals surface area contributed by atoms with Crippen LogP contribution in [-0.4, -0.2) is 5.97 Å². The van der Waals surface area contributed by atoms with Crippen LogP contribution >= 0.6 is 0 Å². The first-order chi connectivity index (χ1) is 8.98. The minimum Gasteiger partial charge on any atom is -0.438 e. The van der Waals surface area contributed by atoms with Crippen molar-refractivity contribution in [3.8, 4) is 12.3 Å². The van der Waals surface area contributed by atoms with Gasteiger partial charge in [0.25, 0.3) is 0 Å². The van der Waals surface area contributed by atoms with E-state index in [1.807, 2.05) is 0 Å². The summed E-state index contributed by atoms with van der Waals surface area (Å²) in [4.78, 5) is 11.8. The molecule has 1 aliphatic rings. The fourth-order valence-electron chi connectivity index (χ4n) is 2.36. The molecule has 1 aliphatic carbocycles. The molecule has 0 aromatic heterocycles. The van der Waals surface area contributed by atoms with Crippen LogP contribution in [0.3, 0.4) is 0 Å². The zero-order valence-corrected chi connectivity index (χ0v) is 10.8. The van der Waals surface area contributed by atoms with Gasteiger partial charge >= 0.3 is 5.97 Å². The molecule has 1 unspecified atom stereocenters. The van der Waals surface area contributed by atoms with Crippen molar-refractivity contribution in [2.75, 3.05) is 0 Å². The molecule has 1 atom stereocenters. The van der Waals surface area contributed by atoms with Crippen molar-refractivity contribution in [2.45, 2.75) is 31.8 Å². The van der Waals surface area contributed by atoms with Crippen LogP contribution in [0.15, 0.2) is 30.4 Å². The lowest BCUT2D eigenvalue weighted by Gasteiger charge is -2.34. The minimum atomic E-state index is -1.10. The van der Waals surface area contributed by atoms with Crippen LogP contribution in [0.25, 0.3) is 0 Å². The lowest BCUT2D eigenvalue weighted by Crippen LogP contribution is -2.35. The fraction of sp³-hybridized carbons (Fsp3) is 0.312. The Labute approximate surface area is 112 Å². The van der Waals surface area contributed by atoms with Crippen LogP contribution in [-0.2, 0) is 21.6 Å². The maximum Gasteiger partial charge on any atom is 0.334 e. The number of terminal acetylenes is 1. The van der Waals surface area contributed by atoms with Crippen molar-refractivity contribution >= 4 is 5.97 Å². The molecular weight excluding hydrogens is 243 g/mol. The molecule has 0 spiro atoms. The molecule has 2 nitrogen and oxygen atoms in total. The van der Waals surface area contributed by atoms with Crippen molar-refractivity contribution in [3.05, 3.63) is 47.3 Å². The van der Waals surface area contributed by atoms with E-state index in [0.29, 0.717) is 17.6 Å². The Kier molecular flexibility index (Phi) is 3.44. The number of ether oxygens (including phenoxy) is 1. The molecule has 1 aromatic rings. The fourth-order valence-corrected chi connectivity index (χ4v) is 2.36. The molecule has 0 aliphatic heterocycles. The second-order valence-corrected chi connectivity index (χ2v) is 4.80. The number of carbonyl (C=O) groups excluding carboxylic acids is 1. The summed E-state index contributed by atoms with van der Waals surface area (Å²) in [6.07, 6.45) is 7.62. The summed E-state index contributed by atoms with van der Waals surface area (Å²) in [5.74, 6) is 1.75. The molecule has 0 heterocycles. The molecule has 3 heteroatoms. The summed E-state index contributed by atoms with van der Waals surface area (Å²) in [5, 5.41) is 0. The number of rotatable bonds is 2. The Morgan fingerprint density at radius 3 is 2.95 bits per heavy atom. The standard InChI is InChI=1S/C16H15FO2/c1-4-16(19-15(18)11(2)3)9-5-6-12-10-13(17)7-8-14(12)16/h1,7-8,10H,2,5-6,9H2,3H3. The Bertz CT molecular complexity index is 583. The largest absolute Gasteiger partial charge is 0.438 e. The number of hydrogen-bond donors (Lipinski definition) is 0. The maximum absolute atomic E-state index is 13.3. The topological polar surface area (TPSA) is 26.3 Å². The van der Waals surface area contributed by atoms with Gasteiger partial charge in [-0.25, -0.2) is 9.18 Å². The predicted molar refractivity (Wildman–Crippen MR) is 70.8 cm³/mol. The first-order valence-electron chi connectivity index (χ1n) is 6.14. The highest BCUT2D eigenvalue weighted by atomic mass is 19.1. The van der Waals surface area contributed by atoms with Crippen LogP contribution in [0.4, 0.5) is 4.39 Å². The molecular formula is C16H15FO2. The number of aryl methyl sites for hydroxylation is 1. The lowest BCUT2D eigenvalue weighted by molar-refractivity contribution is -0.151. The molecule has 0 fully saturated rings. The molecule has 19 heavy (non-hydrogen) atoms. The lowest BCUT2D eigenvalue weighted by atomic mass is 9.79. The number of fused-ring (bicyclic) bond motifs is 1. The van der Waals surface area contributed by atoms with Crippen LogP contribution in [0.5, 0.6) is 0 Å². The van der Waals surface area contributed by atoms with E-state index in [4.69, 9.17) is 11.2 Å². The third kappa shape index (κ3) is 2.39. The zero-order valence-electron chi connectivity index (χ0n) is 10.8. The highest BCUT2D eigenvalue weighted by molar-refractivity contribution is 5.87. The van der Waals surface area contributed by atoms with Gasteiger partial charge in [-0.05, 0) is 37.5 Å². The van der Waals surface area contributed by atoms with Crippen molar-refractivity contribution in [2.24, 2.45) is 0 Å². The van der Waals surface area contributed by atoms with E-state index in [0.717, 1.165) is 18.4 Å². The molecule has 0 amide bonds. The summed E-state index contributed by atoms with van der Waals surface area (Å²) in [7, 11) is 0. The van der Waals surface area contributed by atoms with Crippen molar-refractivity contribution in [1.82, 2.24) is 0 Å². The molecule has 0 saturated carbocycles. The summed E-state index contributed by atoms with van der Waals surface area (Å²) in [6.45, 7) is 5.12. The summed E-state index contributed by atoms with van der Waals surface area (Å²) < 4.78 is 18.7. The predicted octanol–water partition coefficient (Wildman–Crippen LogP) is 3.11. The number of benzene rings is 1. The molecule has 0 saturated heterocycles. The van der Waals surface area contributed by atoms with Gasteiger partial charge in [0.15, 0.2) is 5.60 Å². The Hall–Kier alpha value is -2.08. The van der Waals surface area contributed by atoms with E-state index in [1.165, 1.54) is 12.1 Å². The van der Waals surface area contributed by atoms with Crippen LogP contribution in [0.2, 0.25) is 0 Å². The summed E-state index contributed by atoms with van der Waals surface area (Å²) >= 11 is 0. The van der Waals surface area contributed by atoms with Gasteiger partial charge < -0.3 is 4.74 Å². The third-order valence-electron chi connectivity index (χ3n) is 3.33. The van der Waals surface area contributed by atoms with E-state index in [2.05, 4.69) is 12.5 Å². The summed E-state index contributed by atoms with van der Waals surface area (Å²) in [5.41, 5.74) is 0.706. The average molecular weight is 258 g/mol. The molecule has 1 aromatic carbocycles. The number of halogens is 1. The van der Waals surface area contributed by atoms with Crippen molar-refractivity contribution < 1.29 is 13.9 Å². The number of esters is 1. The first kappa shape index (κ1) is 13.4. The van der Waals surface area contributed by atoms with Crippen LogP contribution < -0.4 is 0 Å². The molecule has 0 radical (unpaired) electrons. The second-order valence-electron chi connectivity index (χ2n) is 4.80. The van der Waals surface area contributed by atoms with Gasteiger partial charge in [-0.1, -0.05) is 18.6 Å². The smallest absolute Gasteiger partial charge is 0.334 e. The Balaban J connectivity index is 2.46. The zero-order chi connectivity index (χ0) is 14.0. The average Bonchev–Trinajstić information content (AvgIpc) is 2.38. The van der Waals surface area contributed by atoms with E-state index in [9.17, 15) is 9.18 Å². The molecule has 2 rings (SSSR count). The SMILES string of the molecule is C#CC1(OC(=O)C(=C)C)CCCc2cc(F)ccc21. The molecule has 0 bridgehead atoms. The third-order valence-corrected chi connectivity index (χ3v) is 3.33. The van der Waals surface area contributed by atoms with Gasteiger partial charge in [0.1, 0.15) is 5.82 Å². The van der Waals surface area contributed by atoms with Gasteiger partial charge in [0, 0.05) is 17.6 Å². The van der Waals surface area contributed by atoms with Gasteiger partial charge in [-0.3, -0.25) is 0 Å². The van der Waals surface area contributed by atoms with Gasteiger partial charge in [0.05, 0.1) is 0 Å². The van der Waals surface area contributed by atoms with Crippen LogP contribution in [0.1, 0.15) is 30.9 Å². The van der Waals surface area contributed by atoms with Crippen molar-refractivity contribution in [1.29, 1.82) is 0 Å². The molecule has 98 valence electrons. The van der Waals surface area contributed by atoms with E-state index < -0.39 is 11.6 Å². The molecule has 0 N–H and O–H groups in total. The van der Waals surface area contributed by atoms with Gasteiger partial charge in [0.2, 0.25) is 0 Å². The minimum absolute atomic E-state index is 0.295. The van der Waals surface area contributed by atoms with E-state index in [1.54, 1.807) is 13.0 Å². The van der Waals surface area contributed by atoms with Crippen molar-refractivity contribution in [3.63, 3.8) is 0 Å². The highest BCUT2D eigenvalue weighted by Gasteiger charge is 2.38. The van der Waals surface area contributed by atoms with E-state index >= 15 is 0 Å².